The zero-order valence-electron chi connectivity index (χ0n) is 13.8. The third kappa shape index (κ3) is 26.9. The van der Waals surface area contributed by atoms with Gasteiger partial charge in [0.1, 0.15) is 12.1 Å². The maximum absolute atomic E-state index is 9.99. The van der Waals surface area contributed by atoms with Gasteiger partial charge in [0.25, 0.3) is 0 Å². The van der Waals surface area contributed by atoms with Crippen molar-refractivity contribution >= 4 is 23.9 Å². The summed E-state index contributed by atoms with van der Waals surface area (Å²) in [6, 6.07) is -1.85. The van der Waals surface area contributed by atoms with Gasteiger partial charge in [0.15, 0.2) is 0 Å². The molecule has 0 aromatic rings. The molecule has 0 rings (SSSR count). The van der Waals surface area contributed by atoms with E-state index in [1.54, 1.807) is 0 Å². The first-order valence-electron chi connectivity index (χ1n) is 7.30. The predicted molar refractivity (Wildman–Crippen MR) is 87.7 cm³/mol. The van der Waals surface area contributed by atoms with Gasteiger partial charge in [-0.25, -0.2) is 0 Å². The van der Waals surface area contributed by atoms with Crippen molar-refractivity contribution in [3.8, 4) is 0 Å². The number of aliphatic carboxylic acids is 4. The fraction of sp³-hybridized carbons (Fsp3) is 0.692. The molecule has 0 spiro atoms. The standard InChI is InChI=1S/C5H9NO4.C4H10N2O2.C4H9NO2/c6-3(5(9)10)1-2-4(7)8;5-2-1-3(6)4(7)8;5-3-1-2-4(6)7/h3H,1-2,6H2,(H,7,8)(H,9,10);3H,1-2,5-6H2,(H,7,8);1-3,5H2,(H,6,7)/t3-;;/m0../s1. The maximum Gasteiger partial charge on any atom is 0.320 e. The lowest BCUT2D eigenvalue weighted by Crippen LogP contribution is -2.32. The van der Waals surface area contributed by atoms with Crippen LogP contribution in [0.2, 0.25) is 0 Å². The summed E-state index contributed by atoms with van der Waals surface area (Å²) in [5.41, 5.74) is 20.1. The molecule has 0 amide bonds. The van der Waals surface area contributed by atoms with Gasteiger partial charge in [-0.2, -0.15) is 0 Å². The van der Waals surface area contributed by atoms with Crippen LogP contribution in [0.5, 0.6) is 0 Å². The second-order valence-corrected chi connectivity index (χ2v) is 4.69. The number of nitrogens with two attached hydrogens (primary N) is 4. The van der Waals surface area contributed by atoms with Gasteiger partial charge in [-0.05, 0) is 32.4 Å². The normalized spacial score (nSPS) is 11.7. The number of carboxylic acid groups (broad SMARTS) is 4. The van der Waals surface area contributed by atoms with Crippen molar-refractivity contribution in [3.63, 3.8) is 0 Å². The minimum Gasteiger partial charge on any atom is -0.481 e. The lowest BCUT2D eigenvalue weighted by atomic mass is 10.2. The molecule has 12 nitrogen and oxygen atoms in total. The molecule has 0 radical (unpaired) electrons. The first-order valence-corrected chi connectivity index (χ1v) is 7.30. The van der Waals surface area contributed by atoms with Crippen LogP contribution < -0.4 is 22.9 Å². The Balaban J connectivity index is -0.000000296. The number of carbonyl (C=O) groups is 4. The summed E-state index contributed by atoms with van der Waals surface area (Å²) in [6.07, 6.45) is 0.888. The van der Waals surface area contributed by atoms with Gasteiger partial charge in [0, 0.05) is 12.8 Å². The van der Waals surface area contributed by atoms with Crippen LogP contribution in [-0.4, -0.2) is 69.5 Å². The van der Waals surface area contributed by atoms with Crippen LogP contribution in [0.3, 0.4) is 0 Å². The van der Waals surface area contributed by atoms with Crippen molar-refractivity contribution in [1.29, 1.82) is 0 Å². The molecule has 0 heterocycles. The van der Waals surface area contributed by atoms with E-state index in [1.165, 1.54) is 0 Å². The van der Waals surface area contributed by atoms with Crippen molar-refractivity contribution in [2.75, 3.05) is 13.1 Å². The number of carboxylic acids is 4. The number of hydrogen-bond donors (Lipinski definition) is 8. The highest BCUT2D eigenvalue weighted by atomic mass is 16.4. The lowest BCUT2D eigenvalue weighted by molar-refractivity contribution is -0.140. The molecule has 12 N–H and O–H groups in total. The molecule has 0 aliphatic carbocycles. The first-order chi connectivity index (χ1) is 11.5. The molecule has 2 atom stereocenters. The highest BCUT2D eigenvalue weighted by Gasteiger charge is 2.12. The quantitative estimate of drug-likeness (QED) is 0.205. The minimum absolute atomic E-state index is 0.0231. The summed E-state index contributed by atoms with van der Waals surface area (Å²) < 4.78 is 0. The molecule has 148 valence electrons. The van der Waals surface area contributed by atoms with Gasteiger partial charge in [-0.15, -0.1) is 0 Å². The Bertz CT molecular complexity index is 405. The molecule has 1 unspecified atom stereocenters. The van der Waals surface area contributed by atoms with Gasteiger partial charge in [-0.1, -0.05) is 0 Å². The van der Waals surface area contributed by atoms with Crippen molar-refractivity contribution in [1.82, 2.24) is 0 Å². The van der Waals surface area contributed by atoms with E-state index in [1.807, 2.05) is 0 Å². The summed E-state index contributed by atoms with van der Waals surface area (Å²) in [6.45, 7) is 0.791. The van der Waals surface area contributed by atoms with Crippen molar-refractivity contribution < 1.29 is 39.6 Å². The fourth-order valence-electron chi connectivity index (χ4n) is 0.959. The SMILES string of the molecule is NCCC(N)C(=O)O.NCCCC(=O)O.N[C@@H](CCC(=O)O)C(=O)O. The van der Waals surface area contributed by atoms with Crippen LogP contribution in [0.1, 0.15) is 32.1 Å². The Kier molecular flexibility index (Phi) is 19.9. The molecular weight excluding hydrogens is 340 g/mol. The molecule has 0 saturated carbocycles. The Labute approximate surface area is 144 Å². The summed E-state index contributed by atoms with van der Waals surface area (Å²) in [5.74, 6) is -3.96. The molecule has 0 fully saturated rings. The highest BCUT2D eigenvalue weighted by molar-refractivity contribution is 5.74. The van der Waals surface area contributed by atoms with Gasteiger partial charge in [0.05, 0.1) is 0 Å². The molecule has 25 heavy (non-hydrogen) atoms. The topological polar surface area (TPSA) is 253 Å². The van der Waals surface area contributed by atoms with E-state index < -0.39 is 36.0 Å². The first kappa shape index (κ1) is 27.6. The number of hydrogen-bond acceptors (Lipinski definition) is 8. The van der Waals surface area contributed by atoms with Crippen LogP contribution in [0.4, 0.5) is 0 Å². The average Bonchev–Trinajstić information content (AvgIpc) is 2.51. The fourth-order valence-corrected chi connectivity index (χ4v) is 0.959. The molecule has 0 aromatic heterocycles. The molecule has 0 saturated heterocycles. The summed E-state index contributed by atoms with van der Waals surface area (Å²) in [7, 11) is 0. The van der Waals surface area contributed by atoms with E-state index in [4.69, 9.17) is 43.4 Å². The largest absolute Gasteiger partial charge is 0.481 e. The van der Waals surface area contributed by atoms with Gasteiger partial charge < -0.3 is 43.4 Å². The van der Waals surface area contributed by atoms with E-state index in [9.17, 15) is 19.2 Å². The summed E-state index contributed by atoms with van der Waals surface area (Å²) in [4.78, 5) is 39.5. The van der Waals surface area contributed by atoms with Crippen molar-refractivity contribution in [3.05, 3.63) is 0 Å². The molecular formula is C13H28N4O8. The predicted octanol–water partition coefficient (Wildman–Crippen LogP) is -2.18. The summed E-state index contributed by atoms with van der Waals surface area (Å²) in [5, 5.41) is 32.4. The zero-order valence-corrected chi connectivity index (χ0v) is 13.8. The Hall–Kier alpha value is -2.28. The van der Waals surface area contributed by atoms with Crippen molar-refractivity contribution in [2.24, 2.45) is 22.9 Å². The van der Waals surface area contributed by atoms with Crippen LogP contribution in [0, 0.1) is 0 Å². The lowest BCUT2D eigenvalue weighted by Gasteiger charge is -2.01. The van der Waals surface area contributed by atoms with E-state index in [0.29, 0.717) is 25.9 Å². The molecule has 0 aliphatic heterocycles. The van der Waals surface area contributed by atoms with Crippen LogP contribution in [0.25, 0.3) is 0 Å². The smallest absolute Gasteiger partial charge is 0.320 e. The second-order valence-electron chi connectivity index (χ2n) is 4.69. The van der Waals surface area contributed by atoms with Gasteiger partial charge >= 0.3 is 23.9 Å². The summed E-state index contributed by atoms with van der Waals surface area (Å²) >= 11 is 0. The van der Waals surface area contributed by atoms with E-state index in [-0.39, 0.29) is 19.3 Å². The second kappa shape index (κ2) is 18.1. The Morgan fingerprint density at radius 2 is 1.08 bits per heavy atom. The third-order valence-electron chi connectivity index (χ3n) is 2.38. The monoisotopic (exact) mass is 368 g/mol. The van der Waals surface area contributed by atoms with Crippen LogP contribution in [0.15, 0.2) is 0 Å². The zero-order chi connectivity index (χ0) is 20.4. The molecule has 0 aromatic carbocycles. The van der Waals surface area contributed by atoms with E-state index in [0.717, 1.165) is 0 Å². The van der Waals surface area contributed by atoms with Crippen molar-refractivity contribution in [2.45, 2.75) is 44.2 Å². The minimum atomic E-state index is -1.17. The van der Waals surface area contributed by atoms with Crippen LogP contribution in [-0.2, 0) is 19.2 Å². The van der Waals surface area contributed by atoms with Gasteiger partial charge in [-0.3, -0.25) is 19.2 Å². The molecule has 12 heteroatoms. The molecule has 0 aliphatic rings. The Morgan fingerprint density at radius 1 is 0.680 bits per heavy atom. The highest BCUT2D eigenvalue weighted by Crippen LogP contribution is 1.93. The maximum atomic E-state index is 9.99. The number of rotatable bonds is 10. The van der Waals surface area contributed by atoms with Gasteiger partial charge in [0.2, 0.25) is 0 Å². The average molecular weight is 368 g/mol. The van der Waals surface area contributed by atoms with E-state index in [2.05, 4.69) is 0 Å². The molecule has 0 bridgehead atoms. The van der Waals surface area contributed by atoms with Crippen LogP contribution >= 0.6 is 0 Å². The Morgan fingerprint density at radius 3 is 1.28 bits per heavy atom. The van der Waals surface area contributed by atoms with E-state index >= 15 is 0 Å². The third-order valence-corrected chi connectivity index (χ3v) is 2.38.